The molecule has 138 valence electrons. The standard InChI is InChI=1S/C19H23ClN4O2/c1-22-10-16(20)17(21-22)11-24-9-15-8-23(7-14-5-3-2-4-6-14)12-19(15,13-24)18(25)26/h2-6,10,15H,7-9,11-13H2,1H3,(H,25,26)/t15-,19-/m1/s1. The van der Waals surface area contributed by atoms with E-state index >= 15 is 0 Å². The highest BCUT2D eigenvalue weighted by atomic mass is 35.5. The Hall–Kier alpha value is -1.89. The Morgan fingerprint density at radius 1 is 1.23 bits per heavy atom. The number of hydrogen-bond acceptors (Lipinski definition) is 4. The van der Waals surface area contributed by atoms with Crippen molar-refractivity contribution >= 4 is 17.6 Å². The summed E-state index contributed by atoms with van der Waals surface area (Å²) in [6.07, 6.45) is 1.78. The van der Waals surface area contributed by atoms with Gasteiger partial charge < -0.3 is 5.11 Å². The minimum Gasteiger partial charge on any atom is -0.481 e. The first-order valence-corrected chi connectivity index (χ1v) is 9.24. The molecule has 2 aliphatic heterocycles. The first-order valence-electron chi connectivity index (χ1n) is 8.86. The predicted molar refractivity (Wildman–Crippen MR) is 98.8 cm³/mol. The van der Waals surface area contributed by atoms with Crippen LogP contribution >= 0.6 is 11.6 Å². The molecule has 1 aromatic heterocycles. The summed E-state index contributed by atoms with van der Waals surface area (Å²) in [6, 6.07) is 10.2. The maximum absolute atomic E-state index is 12.2. The van der Waals surface area contributed by atoms with Gasteiger partial charge in [0.25, 0.3) is 0 Å². The van der Waals surface area contributed by atoms with Crippen molar-refractivity contribution in [2.24, 2.45) is 18.4 Å². The second-order valence-electron chi connectivity index (χ2n) is 7.58. The number of likely N-dealkylation sites (tertiary alicyclic amines) is 2. The topological polar surface area (TPSA) is 61.6 Å². The van der Waals surface area contributed by atoms with Crippen LogP contribution in [0.1, 0.15) is 11.3 Å². The van der Waals surface area contributed by atoms with Gasteiger partial charge in [-0.15, -0.1) is 0 Å². The largest absolute Gasteiger partial charge is 0.481 e. The number of nitrogens with zero attached hydrogens (tertiary/aromatic N) is 4. The molecular weight excluding hydrogens is 352 g/mol. The molecule has 6 nitrogen and oxygen atoms in total. The molecule has 2 aromatic rings. The third-order valence-electron chi connectivity index (χ3n) is 5.65. The van der Waals surface area contributed by atoms with E-state index in [1.165, 1.54) is 5.56 Å². The quantitative estimate of drug-likeness (QED) is 0.868. The summed E-state index contributed by atoms with van der Waals surface area (Å²) in [7, 11) is 1.84. The fraction of sp³-hybridized carbons (Fsp3) is 0.474. The number of rotatable bonds is 5. The normalized spacial score (nSPS) is 26.3. The van der Waals surface area contributed by atoms with Crippen LogP contribution in [0.15, 0.2) is 36.5 Å². The van der Waals surface area contributed by atoms with Crippen LogP contribution in [0.4, 0.5) is 0 Å². The van der Waals surface area contributed by atoms with Crippen LogP contribution < -0.4 is 0 Å². The molecule has 1 aromatic carbocycles. The zero-order chi connectivity index (χ0) is 18.3. The summed E-state index contributed by atoms with van der Waals surface area (Å²) in [4.78, 5) is 16.6. The Morgan fingerprint density at radius 2 is 1.88 bits per heavy atom. The van der Waals surface area contributed by atoms with Crippen molar-refractivity contribution in [3.8, 4) is 0 Å². The Kier molecular flexibility index (Phi) is 4.50. The lowest BCUT2D eigenvalue weighted by Gasteiger charge is -2.25. The van der Waals surface area contributed by atoms with Crippen molar-refractivity contribution in [3.05, 3.63) is 52.8 Å². The zero-order valence-corrected chi connectivity index (χ0v) is 15.6. The fourth-order valence-electron chi connectivity index (χ4n) is 4.48. The molecule has 0 unspecified atom stereocenters. The molecule has 0 aliphatic carbocycles. The minimum atomic E-state index is -0.698. The van der Waals surface area contributed by atoms with Gasteiger partial charge in [-0.05, 0) is 5.56 Å². The Balaban J connectivity index is 1.47. The average molecular weight is 375 g/mol. The van der Waals surface area contributed by atoms with Crippen LogP contribution in [0.5, 0.6) is 0 Å². The summed E-state index contributed by atoms with van der Waals surface area (Å²) in [5.74, 6) is -0.557. The number of benzene rings is 1. The van der Waals surface area contributed by atoms with Crippen LogP contribution in [0.2, 0.25) is 5.02 Å². The third-order valence-corrected chi connectivity index (χ3v) is 5.97. The van der Waals surface area contributed by atoms with E-state index < -0.39 is 11.4 Å². The molecule has 7 heteroatoms. The van der Waals surface area contributed by atoms with Crippen molar-refractivity contribution < 1.29 is 9.90 Å². The third kappa shape index (κ3) is 3.13. The maximum Gasteiger partial charge on any atom is 0.312 e. The SMILES string of the molecule is Cn1cc(Cl)c(CN2C[C@H]3CN(Cc4ccccc4)C[C@@]3(C(=O)O)C2)n1. The summed E-state index contributed by atoms with van der Waals surface area (Å²) < 4.78 is 1.70. The van der Waals surface area contributed by atoms with E-state index in [1.807, 2.05) is 25.2 Å². The number of aliphatic carboxylic acids is 1. The van der Waals surface area contributed by atoms with Crippen molar-refractivity contribution in [2.75, 3.05) is 26.2 Å². The molecule has 2 aliphatic rings. The molecular formula is C19H23ClN4O2. The summed E-state index contributed by atoms with van der Waals surface area (Å²) in [6.45, 7) is 4.13. The van der Waals surface area contributed by atoms with E-state index in [4.69, 9.17) is 11.6 Å². The molecule has 0 saturated carbocycles. The van der Waals surface area contributed by atoms with Gasteiger partial charge in [0.05, 0.1) is 16.1 Å². The van der Waals surface area contributed by atoms with Gasteiger partial charge in [0.15, 0.2) is 0 Å². The van der Waals surface area contributed by atoms with Crippen molar-refractivity contribution in [3.63, 3.8) is 0 Å². The highest BCUT2D eigenvalue weighted by Crippen LogP contribution is 2.43. The average Bonchev–Trinajstić information content (AvgIpc) is 3.19. The van der Waals surface area contributed by atoms with Crippen LogP contribution in [-0.4, -0.2) is 56.8 Å². The van der Waals surface area contributed by atoms with E-state index in [2.05, 4.69) is 27.0 Å². The molecule has 1 N–H and O–H groups in total. The highest BCUT2D eigenvalue weighted by molar-refractivity contribution is 6.31. The lowest BCUT2D eigenvalue weighted by atomic mass is 9.81. The zero-order valence-electron chi connectivity index (χ0n) is 14.8. The van der Waals surface area contributed by atoms with Crippen LogP contribution in [0, 0.1) is 11.3 Å². The predicted octanol–water partition coefficient (Wildman–Crippen LogP) is 2.09. The van der Waals surface area contributed by atoms with Gasteiger partial charge in [-0.2, -0.15) is 5.10 Å². The smallest absolute Gasteiger partial charge is 0.312 e. The first-order chi connectivity index (χ1) is 12.5. The number of halogens is 1. The minimum absolute atomic E-state index is 0.131. The molecule has 2 fully saturated rings. The van der Waals surface area contributed by atoms with Crippen LogP contribution in [0.3, 0.4) is 0 Å². The Bertz CT molecular complexity index is 809. The number of aromatic nitrogens is 2. The van der Waals surface area contributed by atoms with Gasteiger partial charge in [-0.1, -0.05) is 41.9 Å². The number of carbonyl (C=O) groups is 1. The maximum atomic E-state index is 12.2. The van der Waals surface area contributed by atoms with Crippen LogP contribution in [-0.2, 0) is 24.9 Å². The van der Waals surface area contributed by atoms with Crippen molar-refractivity contribution in [1.29, 1.82) is 0 Å². The Morgan fingerprint density at radius 3 is 2.42 bits per heavy atom. The number of hydrogen-bond donors (Lipinski definition) is 1. The number of carboxylic acids is 1. The molecule has 3 heterocycles. The van der Waals surface area contributed by atoms with Gasteiger partial charge in [0, 0.05) is 58.4 Å². The van der Waals surface area contributed by atoms with E-state index in [9.17, 15) is 9.90 Å². The van der Waals surface area contributed by atoms with E-state index in [-0.39, 0.29) is 5.92 Å². The number of carboxylic acid groups (broad SMARTS) is 1. The van der Waals surface area contributed by atoms with Gasteiger partial charge in [-0.3, -0.25) is 19.3 Å². The fourth-order valence-corrected chi connectivity index (χ4v) is 4.72. The number of fused-ring (bicyclic) bond motifs is 1. The molecule has 4 rings (SSSR count). The van der Waals surface area contributed by atoms with Crippen molar-refractivity contribution in [2.45, 2.75) is 13.1 Å². The molecule has 0 radical (unpaired) electrons. The van der Waals surface area contributed by atoms with Gasteiger partial charge in [0.2, 0.25) is 0 Å². The molecule has 2 saturated heterocycles. The summed E-state index contributed by atoms with van der Waals surface area (Å²) in [5, 5.41) is 15.0. The molecule has 0 bridgehead atoms. The second kappa shape index (κ2) is 6.68. The van der Waals surface area contributed by atoms with Gasteiger partial charge in [-0.25, -0.2) is 0 Å². The van der Waals surface area contributed by atoms with Crippen LogP contribution in [0.25, 0.3) is 0 Å². The molecule has 26 heavy (non-hydrogen) atoms. The summed E-state index contributed by atoms with van der Waals surface area (Å²) in [5.41, 5.74) is 1.34. The lowest BCUT2D eigenvalue weighted by molar-refractivity contribution is -0.149. The van der Waals surface area contributed by atoms with Gasteiger partial charge in [0.1, 0.15) is 0 Å². The lowest BCUT2D eigenvalue weighted by Crippen LogP contribution is -2.40. The van der Waals surface area contributed by atoms with E-state index in [0.717, 1.165) is 25.3 Å². The van der Waals surface area contributed by atoms with E-state index in [0.29, 0.717) is 24.7 Å². The van der Waals surface area contributed by atoms with Crippen molar-refractivity contribution in [1.82, 2.24) is 19.6 Å². The molecule has 0 amide bonds. The highest BCUT2D eigenvalue weighted by Gasteiger charge is 2.57. The monoisotopic (exact) mass is 374 g/mol. The number of aryl methyl sites for hydroxylation is 1. The second-order valence-corrected chi connectivity index (χ2v) is 7.99. The van der Waals surface area contributed by atoms with Gasteiger partial charge >= 0.3 is 5.97 Å². The van der Waals surface area contributed by atoms with E-state index in [1.54, 1.807) is 10.9 Å². The summed E-state index contributed by atoms with van der Waals surface area (Å²) >= 11 is 6.22. The first kappa shape index (κ1) is 17.5. The molecule has 0 spiro atoms. The Labute approximate surface area is 158 Å². The molecule has 2 atom stereocenters.